The van der Waals surface area contributed by atoms with Gasteiger partial charge in [0.25, 0.3) is 5.91 Å². The van der Waals surface area contributed by atoms with Crippen LogP contribution in [-0.4, -0.2) is 27.8 Å². The van der Waals surface area contributed by atoms with Gasteiger partial charge in [0.15, 0.2) is 5.69 Å². The molecule has 0 aliphatic rings. The average molecular weight is 245 g/mol. The second kappa shape index (κ2) is 5.01. The first-order valence-electron chi connectivity index (χ1n) is 5.68. The number of aliphatic hydroxyl groups is 1. The quantitative estimate of drug-likeness (QED) is 0.856. The molecule has 0 aliphatic heterocycles. The predicted octanol–water partition coefficient (Wildman–Crippen LogP) is 1.29. The van der Waals surface area contributed by atoms with E-state index in [-0.39, 0.29) is 5.91 Å². The molecule has 1 atom stereocenters. The van der Waals surface area contributed by atoms with E-state index in [2.05, 4.69) is 10.4 Å². The Labute approximate surface area is 105 Å². The largest absolute Gasteiger partial charge is 0.389 e. The van der Waals surface area contributed by atoms with E-state index in [0.29, 0.717) is 5.69 Å². The molecule has 2 N–H and O–H groups in total. The third kappa shape index (κ3) is 2.26. The van der Waals surface area contributed by atoms with Gasteiger partial charge in [0, 0.05) is 18.8 Å². The van der Waals surface area contributed by atoms with E-state index in [0.717, 1.165) is 11.3 Å². The molecule has 0 radical (unpaired) electrons. The van der Waals surface area contributed by atoms with Gasteiger partial charge in [0.1, 0.15) is 0 Å². The van der Waals surface area contributed by atoms with Gasteiger partial charge in [0.05, 0.1) is 11.8 Å². The summed E-state index contributed by atoms with van der Waals surface area (Å²) in [5.74, 6) is -0.233. The maximum absolute atomic E-state index is 11.4. The molecule has 5 nitrogen and oxygen atoms in total. The van der Waals surface area contributed by atoms with Gasteiger partial charge < -0.3 is 10.4 Å². The first kappa shape index (κ1) is 12.3. The number of hydrogen-bond donors (Lipinski definition) is 2. The van der Waals surface area contributed by atoms with Crippen molar-refractivity contribution in [1.82, 2.24) is 15.1 Å². The van der Waals surface area contributed by atoms with Crippen LogP contribution in [0.25, 0.3) is 5.69 Å². The highest BCUT2D eigenvalue weighted by molar-refractivity contribution is 5.91. The molecule has 0 aliphatic carbocycles. The van der Waals surface area contributed by atoms with E-state index in [1.54, 1.807) is 30.9 Å². The summed E-state index contributed by atoms with van der Waals surface area (Å²) in [6.07, 6.45) is 1.11. The molecule has 5 heteroatoms. The molecule has 0 saturated carbocycles. The lowest BCUT2D eigenvalue weighted by atomic mass is 10.1. The van der Waals surface area contributed by atoms with E-state index in [9.17, 15) is 9.90 Å². The van der Waals surface area contributed by atoms with Crippen LogP contribution < -0.4 is 5.32 Å². The highest BCUT2D eigenvalue weighted by atomic mass is 16.3. The summed E-state index contributed by atoms with van der Waals surface area (Å²) >= 11 is 0. The van der Waals surface area contributed by atoms with Crippen molar-refractivity contribution in [3.63, 3.8) is 0 Å². The zero-order chi connectivity index (χ0) is 13.1. The van der Waals surface area contributed by atoms with Crippen LogP contribution in [0.15, 0.2) is 36.5 Å². The van der Waals surface area contributed by atoms with Crippen molar-refractivity contribution in [2.24, 2.45) is 0 Å². The molecule has 1 amide bonds. The van der Waals surface area contributed by atoms with Crippen molar-refractivity contribution in [3.05, 3.63) is 47.8 Å². The number of nitrogens with zero attached hydrogens (tertiary/aromatic N) is 2. The summed E-state index contributed by atoms with van der Waals surface area (Å²) in [6.45, 7) is 1.70. The van der Waals surface area contributed by atoms with Gasteiger partial charge in [0.2, 0.25) is 0 Å². The Bertz CT molecular complexity index is 561. The normalized spacial score (nSPS) is 12.2. The standard InChI is InChI=1S/C13H15N3O2/c1-9(17)10-5-3-4-6-12(10)16-8-7-11(15-16)13(18)14-2/h3-9,17H,1-2H3,(H,14,18)/t9-/m1/s1. The van der Waals surface area contributed by atoms with Crippen molar-refractivity contribution in [1.29, 1.82) is 0 Å². The molecule has 2 aromatic rings. The van der Waals surface area contributed by atoms with Gasteiger partial charge in [-0.05, 0) is 19.1 Å². The summed E-state index contributed by atoms with van der Waals surface area (Å²) < 4.78 is 1.59. The fourth-order valence-electron chi connectivity index (χ4n) is 1.76. The molecule has 1 aromatic heterocycles. The van der Waals surface area contributed by atoms with Gasteiger partial charge in [-0.3, -0.25) is 4.79 Å². The molecule has 0 fully saturated rings. The van der Waals surface area contributed by atoms with E-state index in [1.807, 2.05) is 24.3 Å². The molecule has 1 aromatic carbocycles. The molecule has 94 valence electrons. The zero-order valence-corrected chi connectivity index (χ0v) is 10.3. The third-order valence-corrected chi connectivity index (χ3v) is 2.68. The number of aromatic nitrogens is 2. The lowest BCUT2D eigenvalue weighted by Crippen LogP contribution is -2.18. The van der Waals surface area contributed by atoms with Crippen LogP contribution in [-0.2, 0) is 0 Å². The Morgan fingerprint density at radius 3 is 2.78 bits per heavy atom. The topological polar surface area (TPSA) is 67.2 Å². The highest BCUT2D eigenvalue weighted by Crippen LogP contribution is 2.20. The van der Waals surface area contributed by atoms with Crippen LogP contribution in [0.1, 0.15) is 29.1 Å². The smallest absolute Gasteiger partial charge is 0.271 e. The Balaban J connectivity index is 2.43. The number of nitrogens with one attached hydrogen (secondary N) is 1. The average Bonchev–Trinajstić information content (AvgIpc) is 2.87. The SMILES string of the molecule is CNC(=O)c1ccn(-c2ccccc2[C@@H](C)O)n1. The maximum Gasteiger partial charge on any atom is 0.271 e. The van der Waals surface area contributed by atoms with E-state index in [4.69, 9.17) is 0 Å². The van der Waals surface area contributed by atoms with Crippen LogP contribution in [0.5, 0.6) is 0 Å². The van der Waals surface area contributed by atoms with Crippen molar-refractivity contribution in [3.8, 4) is 5.69 Å². The summed E-state index contributed by atoms with van der Waals surface area (Å²) in [7, 11) is 1.56. The number of benzene rings is 1. The number of amides is 1. The molecule has 0 bridgehead atoms. The predicted molar refractivity (Wildman–Crippen MR) is 67.6 cm³/mol. The number of hydrogen-bond acceptors (Lipinski definition) is 3. The molecule has 18 heavy (non-hydrogen) atoms. The van der Waals surface area contributed by atoms with Crippen LogP contribution in [0.2, 0.25) is 0 Å². The molecule has 1 heterocycles. The van der Waals surface area contributed by atoms with Crippen LogP contribution >= 0.6 is 0 Å². The molecule has 2 rings (SSSR count). The second-order valence-electron chi connectivity index (χ2n) is 3.96. The first-order valence-corrected chi connectivity index (χ1v) is 5.68. The number of carbonyl (C=O) groups excluding carboxylic acids is 1. The van der Waals surface area contributed by atoms with E-state index in [1.165, 1.54) is 0 Å². The van der Waals surface area contributed by atoms with Crippen LogP contribution in [0.3, 0.4) is 0 Å². The minimum Gasteiger partial charge on any atom is -0.389 e. The van der Waals surface area contributed by atoms with Crippen molar-refractivity contribution >= 4 is 5.91 Å². The second-order valence-corrected chi connectivity index (χ2v) is 3.96. The minimum atomic E-state index is -0.589. The summed E-state index contributed by atoms with van der Waals surface area (Å²) in [5, 5.41) is 16.4. The van der Waals surface area contributed by atoms with Crippen molar-refractivity contribution < 1.29 is 9.90 Å². The molecule has 0 saturated heterocycles. The van der Waals surface area contributed by atoms with Gasteiger partial charge in [-0.2, -0.15) is 5.10 Å². The molecular formula is C13H15N3O2. The van der Waals surface area contributed by atoms with Crippen molar-refractivity contribution in [2.75, 3.05) is 7.05 Å². The highest BCUT2D eigenvalue weighted by Gasteiger charge is 2.12. The Morgan fingerprint density at radius 2 is 2.11 bits per heavy atom. The molecule has 0 spiro atoms. The number of carbonyl (C=O) groups is 1. The van der Waals surface area contributed by atoms with Crippen LogP contribution in [0, 0.1) is 0 Å². The monoisotopic (exact) mass is 245 g/mol. The van der Waals surface area contributed by atoms with E-state index >= 15 is 0 Å². The maximum atomic E-state index is 11.4. The van der Waals surface area contributed by atoms with Gasteiger partial charge in [-0.25, -0.2) is 4.68 Å². The van der Waals surface area contributed by atoms with Gasteiger partial charge >= 0.3 is 0 Å². The van der Waals surface area contributed by atoms with Gasteiger partial charge in [-0.1, -0.05) is 18.2 Å². The Hall–Kier alpha value is -2.14. The number of aliphatic hydroxyl groups excluding tert-OH is 1. The number of rotatable bonds is 3. The molecular weight excluding hydrogens is 230 g/mol. The Morgan fingerprint density at radius 1 is 1.39 bits per heavy atom. The number of para-hydroxylation sites is 1. The minimum absolute atomic E-state index is 0.233. The lowest BCUT2D eigenvalue weighted by molar-refractivity contribution is 0.0957. The fraction of sp³-hybridized carbons (Fsp3) is 0.231. The van der Waals surface area contributed by atoms with Crippen molar-refractivity contribution in [2.45, 2.75) is 13.0 Å². The van der Waals surface area contributed by atoms with Gasteiger partial charge in [-0.15, -0.1) is 0 Å². The summed E-state index contributed by atoms with van der Waals surface area (Å²) in [5.41, 5.74) is 1.88. The third-order valence-electron chi connectivity index (χ3n) is 2.68. The summed E-state index contributed by atoms with van der Waals surface area (Å²) in [6, 6.07) is 9.04. The van der Waals surface area contributed by atoms with Crippen LogP contribution in [0.4, 0.5) is 0 Å². The first-order chi connectivity index (χ1) is 8.63. The zero-order valence-electron chi connectivity index (χ0n) is 10.3. The molecule has 0 unspecified atom stereocenters. The fourth-order valence-corrected chi connectivity index (χ4v) is 1.76. The van der Waals surface area contributed by atoms with E-state index < -0.39 is 6.10 Å². The lowest BCUT2D eigenvalue weighted by Gasteiger charge is -2.11. The summed E-state index contributed by atoms with van der Waals surface area (Å²) in [4.78, 5) is 11.4. The Kier molecular flexibility index (Phi) is 3.43.